The monoisotopic (exact) mass is 311 g/mol. The number of nitrogen functional groups attached to an aromatic ring is 1. The molecule has 7 heteroatoms. The highest BCUT2D eigenvalue weighted by Gasteiger charge is 2.15. The van der Waals surface area contributed by atoms with Crippen molar-refractivity contribution >= 4 is 28.9 Å². The molecule has 4 nitrogen and oxygen atoms in total. The summed E-state index contributed by atoms with van der Waals surface area (Å²) in [5, 5.41) is 3.03. The van der Waals surface area contributed by atoms with Crippen LogP contribution in [-0.2, 0) is 0 Å². The molecular formula is C14H12ClF2N3O. The van der Waals surface area contributed by atoms with Gasteiger partial charge in [0, 0.05) is 16.3 Å². The van der Waals surface area contributed by atoms with E-state index in [-0.39, 0.29) is 5.56 Å². The van der Waals surface area contributed by atoms with Crippen LogP contribution in [0.2, 0.25) is 5.02 Å². The van der Waals surface area contributed by atoms with E-state index in [1.165, 1.54) is 0 Å². The minimum Gasteiger partial charge on any atom is -0.322 e. The fourth-order valence-corrected chi connectivity index (χ4v) is 1.95. The van der Waals surface area contributed by atoms with Gasteiger partial charge >= 0.3 is 0 Å². The molecule has 2 aromatic rings. The zero-order valence-electron chi connectivity index (χ0n) is 11.0. The van der Waals surface area contributed by atoms with Crippen LogP contribution in [0.1, 0.15) is 15.9 Å². The van der Waals surface area contributed by atoms with Gasteiger partial charge in [-0.25, -0.2) is 8.78 Å². The first kappa shape index (κ1) is 15.2. The zero-order valence-corrected chi connectivity index (χ0v) is 11.8. The maximum atomic E-state index is 13.6. The van der Waals surface area contributed by atoms with E-state index < -0.39 is 23.2 Å². The molecule has 0 unspecified atom stereocenters. The van der Waals surface area contributed by atoms with E-state index in [1.54, 1.807) is 25.1 Å². The van der Waals surface area contributed by atoms with Crippen molar-refractivity contribution in [3.8, 4) is 0 Å². The third-order valence-corrected chi connectivity index (χ3v) is 3.37. The Balaban J connectivity index is 2.31. The summed E-state index contributed by atoms with van der Waals surface area (Å²) < 4.78 is 27.1. The predicted octanol–water partition coefficient (Wildman–Crippen LogP) is 3.46. The van der Waals surface area contributed by atoms with Crippen LogP contribution in [0.3, 0.4) is 0 Å². The summed E-state index contributed by atoms with van der Waals surface area (Å²) in [7, 11) is 0. The Morgan fingerprint density at radius 2 is 1.86 bits per heavy atom. The normalized spacial score (nSPS) is 10.3. The number of carbonyl (C=O) groups is 1. The molecule has 0 atom stereocenters. The van der Waals surface area contributed by atoms with Gasteiger partial charge < -0.3 is 10.7 Å². The topological polar surface area (TPSA) is 67.2 Å². The minimum atomic E-state index is -0.953. The number of rotatable bonds is 3. The third-order valence-electron chi connectivity index (χ3n) is 2.96. The Bertz CT molecular complexity index is 684. The van der Waals surface area contributed by atoms with E-state index in [2.05, 4.69) is 5.32 Å². The Hall–Kier alpha value is -2.18. The number of amides is 1. The van der Waals surface area contributed by atoms with Gasteiger partial charge in [-0.3, -0.25) is 10.6 Å². The quantitative estimate of drug-likeness (QED) is 0.600. The average Bonchev–Trinajstić information content (AvgIpc) is 2.43. The maximum absolute atomic E-state index is 13.6. The van der Waals surface area contributed by atoms with E-state index in [0.29, 0.717) is 16.3 Å². The number of anilines is 2. The molecule has 0 aliphatic carbocycles. The third kappa shape index (κ3) is 3.12. The van der Waals surface area contributed by atoms with E-state index in [1.807, 2.05) is 5.43 Å². The molecule has 0 heterocycles. The summed E-state index contributed by atoms with van der Waals surface area (Å²) >= 11 is 5.94. The number of benzene rings is 2. The standard InChI is InChI=1S/C14H12ClF2N3O/c1-7-9(15)3-2-4-12(7)19-14(21)8-5-10(16)13(20-18)11(17)6-8/h2-6,20H,18H2,1H3,(H,19,21). The van der Waals surface area contributed by atoms with Crippen LogP contribution in [0.5, 0.6) is 0 Å². The summed E-state index contributed by atoms with van der Waals surface area (Å²) in [4.78, 5) is 12.0. The van der Waals surface area contributed by atoms with Crippen LogP contribution in [0.15, 0.2) is 30.3 Å². The van der Waals surface area contributed by atoms with Crippen molar-refractivity contribution in [1.29, 1.82) is 0 Å². The number of nitrogens with two attached hydrogens (primary N) is 1. The van der Waals surface area contributed by atoms with Crippen molar-refractivity contribution < 1.29 is 13.6 Å². The fourth-order valence-electron chi connectivity index (χ4n) is 1.78. The molecule has 1 amide bonds. The van der Waals surface area contributed by atoms with Gasteiger partial charge in [-0.2, -0.15) is 0 Å². The molecule has 0 radical (unpaired) electrons. The molecule has 0 spiro atoms. The molecule has 0 fully saturated rings. The van der Waals surface area contributed by atoms with Crippen LogP contribution in [-0.4, -0.2) is 5.91 Å². The van der Waals surface area contributed by atoms with Crippen molar-refractivity contribution in [1.82, 2.24) is 0 Å². The fraction of sp³-hybridized carbons (Fsp3) is 0.0714. The minimum absolute atomic E-state index is 0.164. The van der Waals surface area contributed by atoms with Crippen molar-refractivity contribution in [2.24, 2.45) is 5.84 Å². The van der Waals surface area contributed by atoms with Gasteiger partial charge in [0.1, 0.15) is 5.69 Å². The van der Waals surface area contributed by atoms with Gasteiger partial charge in [-0.1, -0.05) is 17.7 Å². The molecule has 0 aliphatic rings. The number of hydrogen-bond acceptors (Lipinski definition) is 3. The number of carbonyl (C=O) groups excluding carboxylic acids is 1. The van der Waals surface area contributed by atoms with Crippen molar-refractivity contribution in [3.63, 3.8) is 0 Å². The van der Waals surface area contributed by atoms with Crippen molar-refractivity contribution in [2.75, 3.05) is 10.7 Å². The molecular weight excluding hydrogens is 300 g/mol. The molecule has 0 saturated carbocycles. The SMILES string of the molecule is Cc1c(Cl)cccc1NC(=O)c1cc(F)c(NN)c(F)c1. The highest BCUT2D eigenvalue weighted by atomic mass is 35.5. The second-order valence-corrected chi connectivity index (χ2v) is 4.73. The van der Waals surface area contributed by atoms with E-state index >= 15 is 0 Å². The number of halogens is 3. The van der Waals surface area contributed by atoms with Gasteiger partial charge in [0.25, 0.3) is 5.91 Å². The first-order chi connectivity index (χ1) is 9.93. The molecule has 2 rings (SSSR count). The van der Waals surface area contributed by atoms with Crippen LogP contribution in [0.25, 0.3) is 0 Å². The Morgan fingerprint density at radius 3 is 2.43 bits per heavy atom. The molecule has 110 valence electrons. The number of hydrazine groups is 1. The lowest BCUT2D eigenvalue weighted by Gasteiger charge is -2.11. The highest BCUT2D eigenvalue weighted by molar-refractivity contribution is 6.31. The molecule has 0 aliphatic heterocycles. The largest absolute Gasteiger partial charge is 0.322 e. The molecule has 0 aromatic heterocycles. The van der Waals surface area contributed by atoms with E-state index in [4.69, 9.17) is 17.4 Å². The van der Waals surface area contributed by atoms with Gasteiger partial charge in [-0.05, 0) is 36.8 Å². The van der Waals surface area contributed by atoms with Crippen LogP contribution in [0.4, 0.5) is 20.2 Å². The van der Waals surface area contributed by atoms with Crippen molar-refractivity contribution in [3.05, 3.63) is 58.1 Å². The molecule has 0 bridgehead atoms. The molecule has 4 N–H and O–H groups in total. The summed E-state index contributed by atoms with van der Waals surface area (Å²) in [6, 6.07) is 6.77. The zero-order chi connectivity index (χ0) is 15.6. The first-order valence-electron chi connectivity index (χ1n) is 5.96. The number of nitrogens with one attached hydrogen (secondary N) is 2. The van der Waals surface area contributed by atoms with Gasteiger partial charge in [0.2, 0.25) is 0 Å². The van der Waals surface area contributed by atoms with Gasteiger partial charge in [0.15, 0.2) is 11.6 Å². The first-order valence-corrected chi connectivity index (χ1v) is 6.34. The number of hydrogen-bond donors (Lipinski definition) is 3. The Labute approximate surface area is 124 Å². The van der Waals surface area contributed by atoms with E-state index in [0.717, 1.165) is 12.1 Å². The second kappa shape index (κ2) is 6.07. The average molecular weight is 312 g/mol. The lowest BCUT2D eigenvalue weighted by molar-refractivity contribution is 0.102. The summed E-state index contributed by atoms with van der Waals surface area (Å²) in [5.41, 5.74) is 2.37. The van der Waals surface area contributed by atoms with E-state index in [9.17, 15) is 13.6 Å². The lowest BCUT2D eigenvalue weighted by atomic mass is 10.1. The van der Waals surface area contributed by atoms with Crippen LogP contribution < -0.4 is 16.6 Å². The molecule has 0 saturated heterocycles. The van der Waals surface area contributed by atoms with Crippen LogP contribution in [0, 0.1) is 18.6 Å². The Morgan fingerprint density at radius 1 is 1.24 bits per heavy atom. The summed E-state index contributed by atoms with van der Waals surface area (Å²) in [5.74, 6) is 2.43. The Kier molecular flexibility index (Phi) is 4.40. The summed E-state index contributed by atoms with van der Waals surface area (Å²) in [6.45, 7) is 1.72. The van der Waals surface area contributed by atoms with Crippen LogP contribution >= 0.6 is 11.6 Å². The molecule has 21 heavy (non-hydrogen) atoms. The summed E-state index contributed by atoms with van der Waals surface area (Å²) in [6.07, 6.45) is 0. The predicted molar refractivity (Wildman–Crippen MR) is 78.3 cm³/mol. The smallest absolute Gasteiger partial charge is 0.255 e. The van der Waals surface area contributed by atoms with Crippen molar-refractivity contribution in [2.45, 2.75) is 6.92 Å². The lowest BCUT2D eigenvalue weighted by Crippen LogP contribution is -2.16. The maximum Gasteiger partial charge on any atom is 0.255 e. The highest BCUT2D eigenvalue weighted by Crippen LogP contribution is 2.24. The van der Waals surface area contributed by atoms with Gasteiger partial charge in [-0.15, -0.1) is 0 Å². The second-order valence-electron chi connectivity index (χ2n) is 4.33. The van der Waals surface area contributed by atoms with Gasteiger partial charge in [0.05, 0.1) is 0 Å². The molecule has 2 aromatic carbocycles.